The van der Waals surface area contributed by atoms with E-state index in [-0.39, 0.29) is 15.5 Å². The Balaban J connectivity index is 1.68. The molecule has 1 N–H and O–H groups in total. The maximum Gasteiger partial charge on any atom is 0.307 e. The quantitative estimate of drug-likeness (QED) is 0.399. The van der Waals surface area contributed by atoms with Gasteiger partial charge in [0.2, 0.25) is 5.91 Å². The third kappa shape index (κ3) is 4.68. The minimum atomic E-state index is -4.07. The van der Waals surface area contributed by atoms with Crippen molar-refractivity contribution in [2.75, 3.05) is 22.8 Å². The van der Waals surface area contributed by atoms with Crippen LogP contribution in [-0.2, 0) is 21.9 Å². The molecule has 0 aliphatic heterocycles. The number of nitrogens with one attached hydrogen (secondary N) is 1. The molecule has 0 unspecified atom stereocenters. The number of carbonyl (C=O) groups is 1. The first-order valence-electron chi connectivity index (χ1n) is 10.5. The average molecular weight is 498 g/mol. The first-order chi connectivity index (χ1) is 16.3. The minimum absolute atomic E-state index is 0.0598. The van der Waals surface area contributed by atoms with Crippen molar-refractivity contribution in [2.24, 2.45) is 7.05 Å². The largest absolute Gasteiger partial charge is 0.492 e. The highest BCUT2D eigenvalue weighted by atomic mass is 32.2. The normalized spacial score (nSPS) is 11.4. The van der Waals surface area contributed by atoms with Gasteiger partial charge >= 0.3 is 4.87 Å². The van der Waals surface area contributed by atoms with Crippen LogP contribution in [-0.4, -0.2) is 32.0 Å². The molecule has 4 rings (SSSR count). The van der Waals surface area contributed by atoms with Crippen LogP contribution in [0, 0.1) is 0 Å². The second-order valence-electron chi connectivity index (χ2n) is 7.38. The molecule has 176 valence electrons. The molecular weight excluding hydrogens is 474 g/mol. The number of ether oxygens (including phenoxy) is 1. The van der Waals surface area contributed by atoms with E-state index in [1.165, 1.54) is 16.7 Å². The fraction of sp³-hybridized carbons (Fsp3) is 0.167. The second-order valence-corrected chi connectivity index (χ2v) is 10.2. The van der Waals surface area contributed by atoms with Crippen LogP contribution >= 0.6 is 11.3 Å². The number of aryl methyl sites for hydroxylation is 1. The van der Waals surface area contributed by atoms with Crippen LogP contribution in [0.25, 0.3) is 10.2 Å². The molecule has 0 atom stereocenters. The third-order valence-corrected chi connectivity index (χ3v) is 7.90. The SMILES string of the molecule is CCOc1ccccc1N(CC(=O)Nc1ccc2c(c1)sc(=O)n2C)S(=O)(=O)c1ccccc1. The van der Waals surface area contributed by atoms with Gasteiger partial charge in [0.15, 0.2) is 0 Å². The van der Waals surface area contributed by atoms with E-state index in [2.05, 4.69) is 5.32 Å². The van der Waals surface area contributed by atoms with Crippen molar-refractivity contribution in [2.45, 2.75) is 11.8 Å². The van der Waals surface area contributed by atoms with Crippen LogP contribution in [0.15, 0.2) is 82.5 Å². The molecule has 34 heavy (non-hydrogen) atoms. The van der Waals surface area contributed by atoms with Crippen molar-refractivity contribution in [1.29, 1.82) is 0 Å². The number of nitrogens with zero attached hydrogens (tertiary/aromatic N) is 2. The summed E-state index contributed by atoms with van der Waals surface area (Å²) in [5, 5.41) is 2.75. The van der Waals surface area contributed by atoms with Gasteiger partial charge in [0.05, 0.1) is 27.4 Å². The third-order valence-electron chi connectivity index (χ3n) is 5.13. The lowest BCUT2D eigenvalue weighted by molar-refractivity contribution is -0.114. The maximum atomic E-state index is 13.5. The number of thiazole rings is 1. The summed E-state index contributed by atoms with van der Waals surface area (Å²) in [6.45, 7) is 1.67. The summed E-state index contributed by atoms with van der Waals surface area (Å²) < 4.78 is 36.0. The van der Waals surface area contributed by atoms with Crippen molar-refractivity contribution in [3.05, 3.63) is 82.5 Å². The van der Waals surface area contributed by atoms with Crippen LogP contribution < -0.4 is 19.2 Å². The number of anilines is 2. The standard InChI is InChI=1S/C24H23N3O5S2/c1-3-32-21-12-8-7-11-19(21)27(34(30,31)18-9-5-4-6-10-18)16-23(28)25-17-13-14-20-22(15-17)33-24(29)26(20)2/h4-15H,3,16H2,1-2H3,(H,25,28). The number of hydrogen-bond acceptors (Lipinski definition) is 6. The Labute approximate surface area is 201 Å². The van der Waals surface area contributed by atoms with Gasteiger partial charge in [-0.15, -0.1) is 0 Å². The fourth-order valence-electron chi connectivity index (χ4n) is 3.50. The van der Waals surface area contributed by atoms with Crippen molar-refractivity contribution in [3.8, 4) is 5.75 Å². The molecule has 4 aromatic rings. The zero-order chi connectivity index (χ0) is 24.3. The Kier molecular flexibility index (Phi) is 6.71. The summed E-state index contributed by atoms with van der Waals surface area (Å²) in [6.07, 6.45) is 0. The van der Waals surface area contributed by atoms with E-state index >= 15 is 0 Å². The van der Waals surface area contributed by atoms with Gasteiger partial charge in [-0.2, -0.15) is 0 Å². The highest BCUT2D eigenvalue weighted by Gasteiger charge is 2.29. The lowest BCUT2D eigenvalue weighted by Crippen LogP contribution is -2.38. The van der Waals surface area contributed by atoms with Gasteiger partial charge in [0.1, 0.15) is 12.3 Å². The predicted octanol–water partition coefficient (Wildman–Crippen LogP) is 3.83. The van der Waals surface area contributed by atoms with E-state index in [1.54, 1.807) is 74.6 Å². The van der Waals surface area contributed by atoms with Gasteiger partial charge in [0, 0.05) is 12.7 Å². The molecule has 1 aromatic heterocycles. The van der Waals surface area contributed by atoms with Crippen LogP contribution in [0.3, 0.4) is 0 Å². The molecular formula is C24H23N3O5S2. The summed E-state index contributed by atoms with van der Waals surface area (Å²) in [6, 6.07) is 19.7. The van der Waals surface area contributed by atoms with Gasteiger partial charge in [0.25, 0.3) is 10.0 Å². The second kappa shape index (κ2) is 9.70. The lowest BCUT2D eigenvalue weighted by Gasteiger charge is -2.26. The lowest BCUT2D eigenvalue weighted by atomic mass is 10.2. The summed E-state index contributed by atoms with van der Waals surface area (Å²) in [7, 11) is -2.39. The van der Waals surface area contributed by atoms with Crippen molar-refractivity contribution in [3.63, 3.8) is 0 Å². The molecule has 0 saturated heterocycles. The van der Waals surface area contributed by atoms with E-state index in [0.717, 1.165) is 25.9 Å². The average Bonchev–Trinajstić information content (AvgIpc) is 3.11. The molecule has 0 spiro atoms. The fourth-order valence-corrected chi connectivity index (χ4v) is 5.87. The highest BCUT2D eigenvalue weighted by Crippen LogP contribution is 2.32. The van der Waals surface area contributed by atoms with E-state index in [1.807, 2.05) is 0 Å². The maximum absolute atomic E-state index is 13.5. The highest BCUT2D eigenvalue weighted by molar-refractivity contribution is 7.92. The molecule has 0 aliphatic carbocycles. The Hall–Kier alpha value is -3.63. The van der Waals surface area contributed by atoms with Crippen LogP contribution in [0.5, 0.6) is 5.75 Å². The number of carbonyl (C=O) groups excluding carboxylic acids is 1. The number of hydrogen-bond donors (Lipinski definition) is 1. The molecule has 10 heteroatoms. The number of fused-ring (bicyclic) bond motifs is 1. The van der Waals surface area contributed by atoms with E-state index in [0.29, 0.717) is 18.0 Å². The summed E-state index contributed by atoms with van der Waals surface area (Å²) in [4.78, 5) is 24.9. The Morgan fingerprint density at radius 2 is 1.76 bits per heavy atom. The van der Waals surface area contributed by atoms with Gasteiger partial charge in [-0.05, 0) is 49.4 Å². The van der Waals surface area contributed by atoms with Gasteiger partial charge < -0.3 is 14.6 Å². The van der Waals surface area contributed by atoms with Gasteiger partial charge in [-0.3, -0.25) is 13.9 Å². The Morgan fingerprint density at radius 1 is 1.06 bits per heavy atom. The number of benzene rings is 3. The van der Waals surface area contributed by atoms with Crippen LogP contribution in [0.4, 0.5) is 11.4 Å². The van der Waals surface area contributed by atoms with Crippen molar-refractivity contribution < 1.29 is 17.9 Å². The van der Waals surface area contributed by atoms with Crippen molar-refractivity contribution >= 4 is 48.9 Å². The Bertz CT molecular complexity index is 1490. The molecule has 8 nitrogen and oxygen atoms in total. The number of para-hydroxylation sites is 2. The topological polar surface area (TPSA) is 97.7 Å². The summed E-state index contributed by atoms with van der Waals surface area (Å²) >= 11 is 1.07. The van der Waals surface area contributed by atoms with Gasteiger partial charge in [-0.25, -0.2) is 8.42 Å². The number of aromatic nitrogens is 1. The number of rotatable bonds is 8. The summed E-state index contributed by atoms with van der Waals surface area (Å²) in [5.41, 5.74) is 1.49. The van der Waals surface area contributed by atoms with E-state index in [9.17, 15) is 18.0 Å². The van der Waals surface area contributed by atoms with Crippen LogP contribution in [0.1, 0.15) is 6.92 Å². The first kappa shape index (κ1) is 23.5. The molecule has 0 bridgehead atoms. The van der Waals surface area contributed by atoms with Crippen LogP contribution in [0.2, 0.25) is 0 Å². The summed E-state index contributed by atoms with van der Waals surface area (Å²) in [5.74, 6) is -0.179. The molecule has 0 fully saturated rings. The zero-order valence-electron chi connectivity index (χ0n) is 18.6. The van der Waals surface area contributed by atoms with Gasteiger partial charge in [-0.1, -0.05) is 41.7 Å². The van der Waals surface area contributed by atoms with E-state index < -0.39 is 22.5 Å². The molecule has 0 saturated carbocycles. The monoisotopic (exact) mass is 497 g/mol. The van der Waals surface area contributed by atoms with Crippen molar-refractivity contribution in [1.82, 2.24) is 4.57 Å². The Morgan fingerprint density at radius 3 is 2.50 bits per heavy atom. The van der Waals surface area contributed by atoms with E-state index in [4.69, 9.17) is 4.74 Å². The number of amides is 1. The molecule has 3 aromatic carbocycles. The number of sulfonamides is 1. The minimum Gasteiger partial charge on any atom is -0.492 e. The molecule has 1 heterocycles. The first-order valence-corrected chi connectivity index (χ1v) is 12.8. The molecule has 0 radical (unpaired) electrons. The molecule has 1 amide bonds. The zero-order valence-corrected chi connectivity index (χ0v) is 20.2. The smallest absolute Gasteiger partial charge is 0.307 e. The molecule has 0 aliphatic rings. The predicted molar refractivity (Wildman–Crippen MR) is 134 cm³/mol.